The van der Waals surface area contributed by atoms with Gasteiger partial charge in [0.25, 0.3) is 0 Å². The molecule has 1 saturated heterocycles. The molecular formula is C20H23F2NO4. The fraction of sp³-hybridized carbons (Fsp3) is 0.400. The molecule has 0 amide bonds. The summed E-state index contributed by atoms with van der Waals surface area (Å²) in [6, 6.07) is 8.76. The highest BCUT2D eigenvalue weighted by molar-refractivity contribution is 5.40. The lowest BCUT2D eigenvalue weighted by Gasteiger charge is -2.36. The molecule has 1 aliphatic heterocycles. The van der Waals surface area contributed by atoms with Crippen LogP contribution in [-0.4, -0.2) is 49.5 Å². The normalized spacial score (nSPS) is 20.3. The third kappa shape index (κ3) is 4.67. The minimum Gasteiger partial charge on any atom is -0.497 e. The molecule has 2 aromatic rings. The molecule has 0 saturated carbocycles. The number of piperidine rings is 1. The van der Waals surface area contributed by atoms with Crippen LogP contribution in [0, 0.1) is 11.6 Å². The van der Waals surface area contributed by atoms with Gasteiger partial charge in [0.05, 0.1) is 14.2 Å². The summed E-state index contributed by atoms with van der Waals surface area (Å²) in [5.74, 6) is 0.383. The van der Waals surface area contributed by atoms with Gasteiger partial charge < -0.3 is 19.3 Å². The highest BCUT2D eigenvalue weighted by atomic mass is 19.1. The van der Waals surface area contributed by atoms with Crippen molar-refractivity contribution in [3.63, 3.8) is 0 Å². The third-order valence-electron chi connectivity index (χ3n) is 4.66. The van der Waals surface area contributed by atoms with Crippen molar-refractivity contribution in [2.45, 2.75) is 25.2 Å². The molecule has 0 spiro atoms. The molecule has 1 fully saturated rings. The maximum absolute atomic E-state index is 14.1. The van der Waals surface area contributed by atoms with Crippen molar-refractivity contribution >= 4 is 0 Å². The Morgan fingerprint density at radius 1 is 1.07 bits per heavy atom. The summed E-state index contributed by atoms with van der Waals surface area (Å²) in [5.41, 5.74) is 0.544. The zero-order valence-corrected chi connectivity index (χ0v) is 15.3. The van der Waals surface area contributed by atoms with Gasteiger partial charge >= 0.3 is 0 Å². The lowest BCUT2D eigenvalue weighted by molar-refractivity contribution is -0.0285. The Labute approximate surface area is 157 Å². The minimum absolute atomic E-state index is 0.282. The number of nitrogens with zero attached hydrogens (tertiary/aromatic N) is 1. The molecule has 27 heavy (non-hydrogen) atoms. The summed E-state index contributed by atoms with van der Waals surface area (Å²) < 4.78 is 43.4. The average Bonchev–Trinajstić information content (AvgIpc) is 2.66. The average molecular weight is 379 g/mol. The molecular weight excluding hydrogens is 356 g/mol. The topological polar surface area (TPSA) is 51.2 Å². The molecule has 0 aliphatic carbocycles. The molecule has 0 unspecified atom stereocenters. The first-order chi connectivity index (χ1) is 13.0. The highest BCUT2D eigenvalue weighted by Crippen LogP contribution is 2.30. The summed E-state index contributed by atoms with van der Waals surface area (Å²) in [4.78, 5) is 1.97. The van der Waals surface area contributed by atoms with Crippen LogP contribution in [0.1, 0.15) is 12.0 Å². The summed E-state index contributed by atoms with van der Waals surface area (Å²) >= 11 is 0. The summed E-state index contributed by atoms with van der Waals surface area (Å²) in [6.45, 7) is 1.37. The van der Waals surface area contributed by atoms with E-state index in [0.717, 1.165) is 0 Å². The molecule has 2 atom stereocenters. The molecule has 7 heteroatoms. The lowest BCUT2D eigenvalue weighted by atomic mass is 10.0. The number of methoxy groups -OCH3 is 2. The van der Waals surface area contributed by atoms with Gasteiger partial charge in [-0.05, 0) is 24.6 Å². The quantitative estimate of drug-likeness (QED) is 0.836. The largest absolute Gasteiger partial charge is 0.497 e. The predicted octanol–water partition coefficient (Wildman–Crippen LogP) is 3.00. The van der Waals surface area contributed by atoms with Crippen molar-refractivity contribution in [3.05, 3.63) is 53.6 Å². The molecule has 146 valence electrons. The van der Waals surface area contributed by atoms with Crippen molar-refractivity contribution in [2.75, 3.05) is 27.3 Å². The minimum atomic E-state index is -0.755. The van der Waals surface area contributed by atoms with Gasteiger partial charge in [0.15, 0.2) is 11.5 Å². The Bertz CT molecular complexity index is 787. The van der Waals surface area contributed by atoms with Crippen LogP contribution in [0.25, 0.3) is 0 Å². The maximum Gasteiger partial charge on any atom is 0.163 e. The Kier molecular flexibility index (Phi) is 6.13. The molecule has 2 aromatic carbocycles. The van der Waals surface area contributed by atoms with Crippen molar-refractivity contribution in [1.29, 1.82) is 0 Å². The number of aliphatic hydroxyl groups excluding tert-OH is 1. The SMILES string of the molecule is COc1ccc(CN2CC[C@@H](Oc3ccc(F)cc3OC)[C@H](O)C2)c(F)c1. The first kappa shape index (κ1) is 19.4. The second kappa shape index (κ2) is 8.54. The number of rotatable bonds is 6. The summed E-state index contributed by atoms with van der Waals surface area (Å²) in [5, 5.41) is 10.5. The monoisotopic (exact) mass is 379 g/mol. The van der Waals surface area contributed by atoms with Gasteiger partial charge in [-0.3, -0.25) is 4.90 Å². The first-order valence-corrected chi connectivity index (χ1v) is 8.73. The van der Waals surface area contributed by atoms with E-state index in [2.05, 4.69) is 0 Å². The Morgan fingerprint density at radius 3 is 2.56 bits per heavy atom. The molecule has 1 N–H and O–H groups in total. The van der Waals surface area contributed by atoms with Crippen LogP contribution in [0.5, 0.6) is 17.2 Å². The van der Waals surface area contributed by atoms with Gasteiger partial charge in [0.2, 0.25) is 0 Å². The van der Waals surface area contributed by atoms with Gasteiger partial charge in [-0.2, -0.15) is 0 Å². The van der Waals surface area contributed by atoms with E-state index in [0.29, 0.717) is 43.1 Å². The number of aliphatic hydroxyl groups is 1. The fourth-order valence-electron chi connectivity index (χ4n) is 3.18. The van der Waals surface area contributed by atoms with Gasteiger partial charge in [-0.1, -0.05) is 6.07 Å². The van der Waals surface area contributed by atoms with E-state index in [1.54, 1.807) is 12.1 Å². The van der Waals surface area contributed by atoms with E-state index in [-0.39, 0.29) is 11.6 Å². The standard InChI is InChI=1S/C20H23F2NO4/c1-25-15-5-3-13(16(22)10-15)11-23-8-7-18(17(24)12-23)27-19-6-4-14(21)9-20(19)26-2/h3-6,9-10,17-18,24H,7-8,11-12H2,1-2H3/t17-,18-/m1/s1. The summed E-state index contributed by atoms with van der Waals surface area (Å²) in [6.07, 6.45) is -0.643. The molecule has 0 aromatic heterocycles. The van der Waals surface area contributed by atoms with E-state index in [4.69, 9.17) is 14.2 Å². The second-order valence-corrected chi connectivity index (χ2v) is 6.50. The Balaban J connectivity index is 1.61. The van der Waals surface area contributed by atoms with Crippen LogP contribution in [0.4, 0.5) is 8.78 Å². The number of hydrogen-bond acceptors (Lipinski definition) is 5. The highest BCUT2D eigenvalue weighted by Gasteiger charge is 2.30. The van der Waals surface area contributed by atoms with E-state index in [1.807, 2.05) is 4.90 Å². The second-order valence-electron chi connectivity index (χ2n) is 6.50. The maximum atomic E-state index is 14.1. The van der Waals surface area contributed by atoms with Gasteiger partial charge in [-0.15, -0.1) is 0 Å². The van der Waals surface area contributed by atoms with E-state index >= 15 is 0 Å². The van der Waals surface area contributed by atoms with Gasteiger partial charge in [0, 0.05) is 37.3 Å². The van der Waals surface area contributed by atoms with Crippen molar-refractivity contribution in [2.24, 2.45) is 0 Å². The van der Waals surface area contributed by atoms with Crippen molar-refractivity contribution < 1.29 is 28.1 Å². The summed E-state index contributed by atoms with van der Waals surface area (Å²) in [7, 11) is 2.93. The number of hydrogen-bond donors (Lipinski definition) is 1. The van der Waals surface area contributed by atoms with Crippen LogP contribution < -0.4 is 14.2 Å². The van der Waals surface area contributed by atoms with Crippen LogP contribution in [0.3, 0.4) is 0 Å². The third-order valence-corrected chi connectivity index (χ3v) is 4.66. The first-order valence-electron chi connectivity index (χ1n) is 8.73. The van der Waals surface area contributed by atoms with Gasteiger partial charge in [0.1, 0.15) is 29.6 Å². The molecule has 1 heterocycles. The molecule has 1 aliphatic rings. The number of likely N-dealkylation sites (tertiary alicyclic amines) is 1. The number of ether oxygens (including phenoxy) is 3. The fourth-order valence-corrected chi connectivity index (χ4v) is 3.18. The predicted molar refractivity (Wildman–Crippen MR) is 96.2 cm³/mol. The van der Waals surface area contributed by atoms with E-state index in [9.17, 15) is 13.9 Å². The Morgan fingerprint density at radius 2 is 1.89 bits per heavy atom. The smallest absolute Gasteiger partial charge is 0.163 e. The Hall–Kier alpha value is -2.38. The van der Waals surface area contributed by atoms with E-state index in [1.165, 1.54) is 38.5 Å². The van der Waals surface area contributed by atoms with Crippen molar-refractivity contribution in [1.82, 2.24) is 4.90 Å². The van der Waals surface area contributed by atoms with Crippen molar-refractivity contribution in [3.8, 4) is 17.2 Å². The number of halogens is 2. The van der Waals surface area contributed by atoms with Crippen LogP contribution in [0.2, 0.25) is 0 Å². The molecule has 3 rings (SSSR count). The lowest BCUT2D eigenvalue weighted by Crippen LogP contribution is -2.48. The van der Waals surface area contributed by atoms with Crippen LogP contribution >= 0.6 is 0 Å². The van der Waals surface area contributed by atoms with E-state index < -0.39 is 18.0 Å². The van der Waals surface area contributed by atoms with Gasteiger partial charge in [-0.25, -0.2) is 8.78 Å². The molecule has 0 radical (unpaired) electrons. The number of β-amino-alcohol motifs (C(OH)–C–C–N with tert-alkyl or cyclic N) is 1. The molecule has 0 bridgehead atoms. The molecule has 5 nitrogen and oxygen atoms in total. The number of benzene rings is 2. The van der Waals surface area contributed by atoms with Crippen LogP contribution in [-0.2, 0) is 6.54 Å². The zero-order valence-electron chi connectivity index (χ0n) is 15.3. The zero-order chi connectivity index (χ0) is 19.4. The van der Waals surface area contributed by atoms with Crippen LogP contribution in [0.15, 0.2) is 36.4 Å².